The van der Waals surface area contributed by atoms with Crippen molar-refractivity contribution in [2.45, 2.75) is 0 Å². The van der Waals surface area contributed by atoms with Gasteiger partial charge in [0.2, 0.25) is 0 Å². The molecule has 0 saturated heterocycles. The molecule has 0 fully saturated rings. The summed E-state index contributed by atoms with van der Waals surface area (Å²) < 4.78 is 5.42. The number of allylic oxidation sites excluding steroid dienone is 1. The van der Waals surface area contributed by atoms with Gasteiger partial charge in [0, 0.05) is 19.7 Å². The van der Waals surface area contributed by atoms with Crippen molar-refractivity contribution in [2.24, 2.45) is 0 Å². The van der Waals surface area contributed by atoms with Crippen molar-refractivity contribution < 1.29 is 14.3 Å². The van der Waals surface area contributed by atoms with Gasteiger partial charge >= 0.3 is 0 Å². The Kier molecular flexibility index (Phi) is 5.67. The number of ether oxygens (including phenoxy) is 1. The number of fused-ring (bicyclic) bond motifs is 1. The average Bonchev–Trinajstić information content (AvgIpc) is 2.70. The minimum absolute atomic E-state index is 0.0265. The van der Waals surface area contributed by atoms with Crippen molar-refractivity contribution in [1.82, 2.24) is 4.90 Å². The summed E-state index contributed by atoms with van der Waals surface area (Å²) >= 11 is 0. The Bertz CT molecular complexity index is 983. The van der Waals surface area contributed by atoms with Crippen LogP contribution in [0.1, 0.15) is 15.9 Å². The predicted octanol–water partition coefficient (Wildman–Crippen LogP) is 4.20. The number of carbonyl (C=O) groups is 2. The molecule has 4 heteroatoms. The molecule has 0 unspecified atom stereocenters. The molecule has 0 spiro atoms. The van der Waals surface area contributed by atoms with Gasteiger partial charge in [-0.05, 0) is 46.7 Å². The molecule has 3 rings (SSSR count). The van der Waals surface area contributed by atoms with E-state index in [2.05, 4.69) is 0 Å². The van der Waals surface area contributed by atoms with Crippen molar-refractivity contribution in [3.05, 3.63) is 83.9 Å². The zero-order chi connectivity index (χ0) is 19.2. The van der Waals surface area contributed by atoms with Gasteiger partial charge in [-0.15, -0.1) is 0 Å². The molecule has 4 nitrogen and oxygen atoms in total. The number of rotatable bonds is 6. The molecule has 136 valence electrons. The molecule has 3 aromatic carbocycles. The van der Waals surface area contributed by atoms with E-state index in [0.717, 1.165) is 16.3 Å². The molecule has 27 heavy (non-hydrogen) atoms. The Balaban J connectivity index is 1.69. The standard InChI is InChI=1S/C23H21NO3/c1-24(2)23(26)16-27-20-13-10-19(11-14-20)22(25)15-12-18-8-5-7-17-6-3-4-9-21(17)18/h3-15H,16H2,1-2H3/b15-12+. The summed E-state index contributed by atoms with van der Waals surface area (Å²) in [6, 6.07) is 20.9. The van der Waals surface area contributed by atoms with Gasteiger partial charge in [-0.3, -0.25) is 9.59 Å². The lowest BCUT2D eigenvalue weighted by molar-refractivity contribution is -0.130. The first-order valence-electron chi connectivity index (χ1n) is 8.68. The van der Waals surface area contributed by atoms with Crippen LogP contribution in [0.3, 0.4) is 0 Å². The largest absolute Gasteiger partial charge is 0.484 e. The van der Waals surface area contributed by atoms with Gasteiger partial charge in [0.15, 0.2) is 12.4 Å². The second-order valence-corrected chi connectivity index (χ2v) is 6.37. The van der Waals surface area contributed by atoms with E-state index in [4.69, 9.17) is 4.74 Å². The number of likely N-dealkylation sites (N-methyl/N-ethyl adjacent to an activating group) is 1. The monoisotopic (exact) mass is 359 g/mol. The molecule has 0 radical (unpaired) electrons. The Morgan fingerprint density at radius 2 is 1.63 bits per heavy atom. The van der Waals surface area contributed by atoms with Crippen LogP contribution in [-0.4, -0.2) is 37.3 Å². The van der Waals surface area contributed by atoms with Crippen molar-refractivity contribution in [3.8, 4) is 5.75 Å². The third kappa shape index (κ3) is 4.61. The van der Waals surface area contributed by atoms with Crippen LogP contribution in [-0.2, 0) is 4.79 Å². The van der Waals surface area contributed by atoms with Crippen LogP contribution in [0.25, 0.3) is 16.8 Å². The van der Waals surface area contributed by atoms with E-state index >= 15 is 0 Å². The van der Waals surface area contributed by atoms with Crippen molar-refractivity contribution in [2.75, 3.05) is 20.7 Å². The summed E-state index contributed by atoms with van der Waals surface area (Å²) in [6.07, 6.45) is 3.41. The molecule has 0 bridgehead atoms. The molecule has 0 atom stereocenters. The minimum Gasteiger partial charge on any atom is -0.484 e. The molecule has 0 aliphatic heterocycles. The molecule has 0 saturated carbocycles. The van der Waals surface area contributed by atoms with E-state index in [1.807, 2.05) is 48.5 Å². The second kappa shape index (κ2) is 8.32. The Morgan fingerprint density at radius 3 is 2.37 bits per heavy atom. The summed E-state index contributed by atoms with van der Waals surface area (Å²) in [7, 11) is 3.35. The van der Waals surface area contributed by atoms with Crippen LogP contribution in [0.4, 0.5) is 0 Å². The highest BCUT2D eigenvalue weighted by atomic mass is 16.5. The summed E-state index contributed by atoms with van der Waals surface area (Å²) in [6.45, 7) is -0.0265. The quantitative estimate of drug-likeness (QED) is 0.489. The third-order valence-electron chi connectivity index (χ3n) is 4.24. The fraction of sp³-hybridized carbons (Fsp3) is 0.130. The van der Waals surface area contributed by atoms with E-state index in [9.17, 15) is 9.59 Å². The molecule has 0 aliphatic carbocycles. The highest BCUT2D eigenvalue weighted by Gasteiger charge is 2.06. The smallest absolute Gasteiger partial charge is 0.259 e. The Labute approximate surface area is 158 Å². The van der Waals surface area contributed by atoms with Crippen molar-refractivity contribution >= 4 is 28.5 Å². The first kappa shape index (κ1) is 18.4. The highest BCUT2D eigenvalue weighted by Crippen LogP contribution is 2.20. The van der Waals surface area contributed by atoms with E-state index in [1.165, 1.54) is 4.90 Å². The average molecular weight is 359 g/mol. The molecule has 0 aliphatic rings. The first-order chi connectivity index (χ1) is 13.0. The summed E-state index contributed by atoms with van der Waals surface area (Å²) in [5, 5.41) is 2.25. The Morgan fingerprint density at radius 1 is 0.926 bits per heavy atom. The normalized spacial score (nSPS) is 10.9. The van der Waals surface area contributed by atoms with Gasteiger partial charge in [-0.1, -0.05) is 48.5 Å². The van der Waals surface area contributed by atoms with Gasteiger partial charge in [0.05, 0.1) is 0 Å². The van der Waals surface area contributed by atoms with Crippen LogP contribution < -0.4 is 4.74 Å². The second-order valence-electron chi connectivity index (χ2n) is 6.37. The topological polar surface area (TPSA) is 46.6 Å². The minimum atomic E-state index is -0.117. The highest BCUT2D eigenvalue weighted by molar-refractivity contribution is 6.07. The SMILES string of the molecule is CN(C)C(=O)COc1ccc(C(=O)/C=C/c2cccc3ccccc23)cc1. The number of benzene rings is 3. The van der Waals surface area contributed by atoms with E-state index < -0.39 is 0 Å². The van der Waals surface area contributed by atoms with Gasteiger partial charge in [-0.2, -0.15) is 0 Å². The zero-order valence-corrected chi connectivity index (χ0v) is 15.4. The number of carbonyl (C=O) groups excluding carboxylic acids is 2. The lowest BCUT2D eigenvalue weighted by atomic mass is 10.0. The lowest BCUT2D eigenvalue weighted by Gasteiger charge is -2.11. The summed E-state index contributed by atoms with van der Waals surface area (Å²) in [4.78, 5) is 25.4. The molecule has 1 amide bonds. The van der Waals surface area contributed by atoms with Gasteiger partial charge < -0.3 is 9.64 Å². The predicted molar refractivity (Wildman–Crippen MR) is 108 cm³/mol. The Hall–Kier alpha value is -3.40. The van der Waals surface area contributed by atoms with Crippen LogP contribution in [0.5, 0.6) is 5.75 Å². The van der Waals surface area contributed by atoms with E-state index in [-0.39, 0.29) is 18.3 Å². The zero-order valence-electron chi connectivity index (χ0n) is 15.4. The van der Waals surface area contributed by atoms with Gasteiger partial charge in [-0.25, -0.2) is 0 Å². The molecular weight excluding hydrogens is 338 g/mol. The molecule has 0 heterocycles. The van der Waals surface area contributed by atoms with Crippen LogP contribution in [0.15, 0.2) is 72.8 Å². The third-order valence-corrected chi connectivity index (χ3v) is 4.24. The van der Waals surface area contributed by atoms with Crippen LogP contribution in [0.2, 0.25) is 0 Å². The molecule has 0 aromatic heterocycles. The maximum Gasteiger partial charge on any atom is 0.259 e. The van der Waals surface area contributed by atoms with Crippen LogP contribution >= 0.6 is 0 Å². The van der Waals surface area contributed by atoms with E-state index in [0.29, 0.717) is 11.3 Å². The lowest BCUT2D eigenvalue weighted by Crippen LogP contribution is -2.27. The number of hydrogen-bond donors (Lipinski definition) is 0. The first-order valence-corrected chi connectivity index (χ1v) is 8.68. The van der Waals surface area contributed by atoms with Crippen molar-refractivity contribution in [3.63, 3.8) is 0 Å². The van der Waals surface area contributed by atoms with Crippen molar-refractivity contribution in [1.29, 1.82) is 0 Å². The van der Waals surface area contributed by atoms with Gasteiger partial charge in [0.25, 0.3) is 5.91 Å². The number of amides is 1. The molecular formula is C23H21NO3. The summed E-state index contributed by atoms with van der Waals surface area (Å²) in [5.41, 5.74) is 1.57. The number of nitrogens with zero attached hydrogens (tertiary/aromatic N) is 1. The van der Waals surface area contributed by atoms with Gasteiger partial charge in [0.1, 0.15) is 5.75 Å². The molecule has 3 aromatic rings. The fourth-order valence-corrected chi connectivity index (χ4v) is 2.65. The molecule has 0 N–H and O–H groups in total. The van der Waals surface area contributed by atoms with Crippen LogP contribution in [0, 0.1) is 0 Å². The summed E-state index contributed by atoms with van der Waals surface area (Å²) in [5.74, 6) is 0.354. The maximum atomic E-state index is 12.4. The van der Waals surface area contributed by atoms with E-state index in [1.54, 1.807) is 44.4 Å². The number of hydrogen-bond acceptors (Lipinski definition) is 3. The number of ketones is 1. The maximum absolute atomic E-state index is 12.4. The fourth-order valence-electron chi connectivity index (χ4n) is 2.65.